The van der Waals surface area contributed by atoms with E-state index in [0.717, 1.165) is 80.3 Å². The fourth-order valence-electron chi connectivity index (χ4n) is 6.81. The maximum atomic E-state index is 5.88. The van der Waals surface area contributed by atoms with Crippen molar-refractivity contribution in [1.82, 2.24) is 0 Å². The molecule has 0 saturated carbocycles. The molecule has 0 aliphatic heterocycles. The van der Waals surface area contributed by atoms with Gasteiger partial charge in [0.25, 0.3) is 0 Å². The number of aryl methyl sites for hydroxylation is 8. The molecule has 296 valence electrons. The Labute approximate surface area is 325 Å². The normalized spacial score (nSPS) is 13.3. The number of nitrogens with two attached hydrogens (primary N) is 4. The van der Waals surface area contributed by atoms with Crippen molar-refractivity contribution in [2.24, 2.45) is 22.9 Å². The van der Waals surface area contributed by atoms with E-state index in [1.807, 2.05) is 27.7 Å². The Morgan fingerprint density at radius 2 is 0.481 bits per heavy atom. The third-order valence-corrected chi connectivity index (χ3v) is 8.86. The predicted octanol–water partition coefficient (Wildman–Crippen LogP) is 7.93. The lowest BCUT2D eigenvalue weighted by Gasteiger charge is -2.17. The average Bonchev–Trinajstić information content (AvgIpc) is 3.03. The Morgan fingerprint density at radius 1 is 0.333 bits per heavy atom. The molecule has 0 saturated heterocycles. The maximum absolute atomic E-state index is 5.88. The van der Waals surface area contributed by atoms with Gasteiger partial charge in [0.1, 0.15) is 49.4 Å². The fraction of sp³-hybridized carbons (Fsp3) is 0.478. The Kier molecular flexibility index (Phi) is 16.9. The van der Waals surface area contributed by atoms with Gasteiger partial charge in [0.15, 0.2) is 0 Å². The molecule has 8 N–H and O–H groups in total. The lowest BCUT2D eigenvalue weighted by Crippen LogP contribution is -2.24. The molecule has 0 radical (unpaired) electrons. The molecule has 4 aromatic rings. The van der Waals surface area contributed by atoms with Crippen LogP contribution < -0.4 is 41.9 Å². The first kappa shape index (κ1) is 44.3. The zero-order valence-corrected chi connectivity index (χ0v) is 35.1. The van der Waals surface area contributed by atoms with E-state index in [9.17, 15) is 0 Å². The summed E-state index contributed by atoms with van der Waals surface area (Å²) < 4.78 is 23.5. The van der Waals surface area contributed by atoms with Crippen molar-refractivity contribution in [2.75, 3.05) is 26.4 Å². The minimum atomic E-state index is 0.0254. The molecule has 0 aliphatic carbocycles. The Bertz CT molecular complexity index is 1470. The molecule has 0 aromatic heterocycles. The quantitative estimate of drug-likeness (QED) is 0.0908. The predicted molar refractivity (Wildman–Crippen MR) is 226 cm³/mol. The van der Waals surface area contributed by atoms with Gasteiger partial charge in [-0.1, -0.05) is 48.5 Å². The lowest BCUT2D eigenvalue weighted by molar-refractivity contribution is 0.292. The van der Waals surface area contributed by atoms with Gasteiger partial charge >= 0.3 is 0 Å². The Morgan fingerprint density at radius 3 is 0.611 bits per heavy atom. The second kappa shape index (κ2) is 20.6. The molecule has 4 aromatic carbocycles. The van der Waals surface area contributed by atoms with Crippen molar-refractivity contribution in [3.8, 4) is 23.0 Å². The zero-order chi connectivity index (χ0) is 40.3. The summed E-state index contributed by atoms with van der Waals surface area (Å²) in [5.41, 5.74) is 37.5. The Hall–Kier alpha value is -4.08. The van der Waals surface area contributed by atoms with Crippen molar-refractivity contribution < 1.29 is 18.9 Å². The van der Waals surface area contributed by atoms with Gasteiger partial charge in [0.05, 0.1) is 0 Å². The van der Waals surface area contributed by atoms with Crippen molar-refractivity contribution >= 4 is 0 Å². The first-order valence-electron chi connectivity index (χ1n) is 19.3. The van der Waals surface area contributed by atoms with Gasteiger partial charge in [-0.25, -0.2) is 0 Å². The van der Waals surface area contributed by atoms with E-state index in [1.165, 1.54) is 22.3 Å². The molecule has 4 rings (SSSR count). The van der Waals surface area contributed by atoms with Gasteiger partial charge in [0.2, 0.25) is 0 Å². The molecule has 54 heavy (non-hydrogen) atoms. The molecule has 0 heterocycles. The summed E-state index contributed by atoms with van der Waals surface area (Å²) in [5, 5.41) is 0. The molecule has 0 aliphatic rings. The van der Waals surface area contributed by atoms with E-state index < -0.39 is 0 Å². The fourth-order valence-corrected chi connectivity index (χ4v) is 6.81. The molecular weight excluding hydrogens is 673 g/mol. The summed E-state index contributed by atoms with van der Waals surface area (Å²) in [6, 6.07) is 17.7. The van der Waals surface area contributed by atoms with Crippen LogP contribution in [0, 0.1) is 55.4 Å². The van der Waals surface area contributed by atoms with E-state index in [-0.39, 0.29) is 24.2 Å². The molecule has 4 atom stereocenters. The first-order valence-corrected chi connectivity index (χ1v) is 19.3. The maximum Gasteiger partial charge on any atom is 0.125 e. The largest absolute Gasteiger partial charge is 0.491 e. The second-order valence-corrected chi connectivity index (χ2v) is 15.7. The van der Waals surface area contributed by atoms with Crippen LogP contribution in [-0.4, -0.2) is 50.6 Å². The van der Waals surface area contributed by atoms with Crippen LogP contribution in [-0.2, 0) is 12.8 Å². The monoisotopic (exact) mass is 741 g/mol. The van der Waals surface area contributed by atoms with Crippen molar-refractivity contribution in [2.45, 2.75) is 120 Å². The Balaban J connectivity index is 0.000000290. The highest BCUT2D eigenvalue weighted by Crippen LogP contribution is 2.31. The number of rotatable bonds is 16. The number of benzene rings is 4. The van der Waals surface area contributed by atoms with E-state index in [2.05, 4.69) is 104 Å². The number of hydrogen-bond donors (Lipinski definition) is 4. The van der Waals surface area contributed by atoms with Crippen LogP contribution in [0.3, 0.4) is 0 Å². The highest BCUT2D eigenvalue weighted by molar-refractivity contribution is 5.49. The van der Waals surface area contributed by atoms with Crippen LogP contribution in [0.2, 0.25) is 0 Å². The standard InChI is InChI=1S/2C23H34N2O2/c2*1-14-7-20(8-15(2)22(14)26-12-18(5)24)11-21-9-16(3)23(17(4)10-21)27-13-19(6)25/h2*7-10,18-19H,11-13,24-25H2,1-6H3/t2*18-,19-/m10/s1. The first-order chi connectivity index (χ1) is 25.3. The topological polar surface area (TPSA) is 141 Å². The number of hydrogen-bond acceptors (Lipinski definition) is 8. The SMILES string of the molecule is Cc1cc(Cc2cc(C)c(OC[C@@H](C)N)c(C)c2)cc(C)c1OC[C@@H](C)N.Cc1cc(Cc2cc(C)c(OC[C@H](C)N)c(C)c2)cc(C)c1OC[C@H](C)N. The molecular formula is C46H68N4O4. The summed E-state index contributed by atoms with van der Waals surface area (Å²) in [6.07, 6.45) is 1.76. The van der Waals surface area contributed by atoms with Gasteiger partial charge < -0.3 is 41.9 Å². The third-order valence-electron chi connectivity index (χ3n) is 8.86. The third kappa shape index (κ3) is 13.6. The molecule has 0 spiro atoms. The summed E-state index contributed by atoms with van der Waals surface area (Å²) in [5.74, 6) is 3.79. The van der Waals surface area contributed by atoms with Gasteiger partial charge in [-0.3, -0.25) is 0 Å². The number of ether oxygens (including phenoxy) is 4. The van der Waals surface area contributed by atoms with Crippen LogP contribution in [0.25, 0.3) is 0 Å². The summed E-state index contributed by atoms with van der Waals surface area (Å²) in [4.78, 5) is 0. The summed E-state index contributed by atoms with van der Waals surface area (Å²) in [6.45, 7) is 26.7. The van der Waals surface area contributed by atoms with Crippen LogP contribution in [0.4, 0.5) is 0 Å². The minimum absolute atomic E-state index is 0.0254. The van der Waals surface area contributed by atoms with Crippen LogP contribution in [0.15, 0.2) is 48.5 Å². The van der Waals surface area contributed by atoms with Crippen LogP contribution >= 0.6 is 0 Å². The van der Waals surface area contributed by atoms with E-state index in [1.54, 1.807) is 0 Å². The second-order valence-electron chi connectivity index (χ2n) is 15.7. The zero-order valence-electron chi connectivity index (χ0n) is 35.1. The molecule has 8 heteroatoms. The van der Waals surface area contributed by atoms with Crippen LogP contribution in [0.1, 0.15) is 94.5 Å². The van der Waals surface area contributed by atoms with E-state index in [4.69, 9.17) is 41.9 Å². The van der Waals surface area contributed by atoms with Crippen LogP contribution in [0.5, 0.6) is 23.0 Å². The van der Waals surface area contributed by atoms with Gasteiger partial charge in [-0.05, 0) is 163 Å². The molecule has 8 nitrogen and oxygen atoms in total. The highest BCUT2D eigenvalue weighted by atomic mass is 16.5. The molecule has 0 bridgehead atoms. The lowest BCUT2D eigenvalue weighted by atomic mass is 9.97. The summed E-state index contributed by atoms with van der Waals surface area (Å²) >= 11 is 0. The smallest absolute Gasteiger partial charge is 0.125 e. The van der Waals surface area contributed by atoms with E-state index in [0.29, 0.717) is 26.4 Å². The molecule has 0 fully saturated rings. The molecule has 0 amide bonds. The van der Waals surface area contributed by atoms with Gasteiger partial charge in [-0.2, -0.15) is 0 Å². The van der Waals surface area contributed by atoms with Gasteiger partial charge in [0, 0.05) is 24.2 Å². The van der Waals surface area contributed by atoms with Crippen molar-refractivity contribution in [3.05, 3.63) is 115 Å². The highest BCUT2D eigenvalue weighted by Gasteiger charge is 2.13. The van der Waals surface area contributed by atoms with Crippen molar-refractivity contribution in [3.63, 3.8) is 0 Å². The van der Waals surface area contributed by atoms with Gasteiger partial charge in [-0.15, -0.1) is 0 Å². The van der Waals surface area contributed by atoms with E-state index >= 15 is 0 Å². The summed E-state index contributed by atoms with van der Waals surface area (Å²) in [7, 11) is 0. The van der Waals surface area contributed by atoms with Crippen molar-refractivity contribution in [1.29, 1.82) is 0 Å². The minimum Gasteiger partial charge on any atom is -0.491 e. The molecule has 0 unspecified atom stereocenters. The average molecular weight is 741 g/mol.